The summed E-state index contributed by atoms with van der Waals surface area (Å²) in [6.45, 7) is 0. The van der Waals surface area contributed by atoms with Gasteiger partial charge in [0.25, 0.3) is 0 Å². The number of ether oxygens (including phenoxy) is 1. The minimum Gasteiger partial charge on any atom is -0.469 e. The van der Waals surface area contributed by atoms with Gasteiger partial charge in [-0.3, -0.25) is 4.79 Å². The van der Waals surface area contributed by atoms with E-state index in [1.807, 2.05) is 0 Å². The molecule has 0 amide bonds. The average Bonchev–Trinajstić information content (AvgIpc) is 2.46. The average molecular weight is 295 g/mol. The van der Waals surface area contributed by atoms with Gasteiger partial charge in [-0.2, -0.15) is 0 Å². The number of aromatic nitrogens is 2. The highest BCUT2D eigenvalue weighted by atomic mass is 35.5. The Labute approximate surface area is 120 Å². The molecular formula is C14H12ClFN2O2. The maximum atomic E-state index is 12.8. The minimum absolute atomic E-state index is 0.218. The number of carbonyl (C=O) groups excluding carboxylic acids is 1. The van der Waals surface area contributed by atoms with Crippen LogP contribution in [0.5, 0.6) is 0 Å². The molecule has 0 N–H and O–H groups in total. The number of halogens is 2. The van der Waals surface area contributed by atoms with Gasteiger partial charge in [0.15, 0.2) is 5.82 Å². The van der Waals surface area contributed by atoms with E-state index < -0.39 is 0 Å². The number of esters is 1. The zero-order valence-electron chi connectivity index (χ0n) is 10.8. The number of hydrogen-bond acceptors (Lipinski definition) is 4. The van der Waals surface area contributed by atoms with E-state index in [0.29, 0.717) is 23.4 Å². The Morgan fingerprint density at radius 3 is 2.65 bits per heavy atom. The van der Waals surface area contributed by atoms with Gasteiger partial charge in [-0.05, 0) is 30.7 Å². The fourth-order valence-corrected chi connectivity index (χ4v) is 1.85. The van der Waals surface area contributed by atoms with Crippen LogP contribution in [0.3, 0.4) is 0 Å². The molecule has 2 aromatic rings. The third-order valence-corrected chi connectivity index (χ3v) is 3.07. The normalized spacial score (nSPS) is 10.3. The Hall–Kier alpha value is -2.01. The highest BCUT2D eigenvalue weighted by Gasteiger charge is 2.09. The van der Waals surface area contributed by atoms with Crippen LogP contribution in [-0.4, -0.2) is 23.0 Å². The summed E-state index contributed by atoms with van der Waals surface area (Å²) in [4.78, 5) is 19.4. The lowest BCUT2D eigenvalue weighted by atomic mass is 10.1. The summed E-state index contributed by atoms with van der Waals surface area (Å²) >= 11 is 6.06. The van der Waals surface area contributed by atoms with Crippen LogP contribution in [0.25, 0.3) is 11.4 Å². The fourth-order valence-electron chi connectivity index (χ4n) is 1.63. The number of nitrogens with zero attached hydrogens (tertiary/aromatic N) is 2. The molecule has 0 spiro atoms. The van der Waals surface area contributed by atoms with Gasteiger partial charge >= 0.3 is 5.97 Å². The number of aryl methyl sites for hydroxylation is 1. The molecule has 2 rings (SSSR count). The number of benzene rings is 1. The molecule has 0 atom stereocenters. The van der Waals surface area contributed by atoms with Crippen LogP contribution in [0.1, 0.15) is 12.0 Å². The van der Waals surface area contributed by atoms with Crippen molar-refractivity contribution < 1.29 is 13.9 Å². The lowest BCUT2D eigenvalue weighted by molar-refractivity contribution is -0.140. The van der Waals surface area contributed by atoms with Crippen molar-refractivity contribution >= 4 is 17.6 Å². The number of rotatable bonds is 4. The molecule has 1 heterocycles. The first-order valence-electron chi connectivity index (χ1n) is 5.94. The summed E-state index contributed by atoms with van der Waals surface area (Å²) in [6, 6.07) is 5.82. The zero-order valence-corrected chi connectivity index (χ0v) is 11.5. The molecule has 0 aliphatic heterocycles. The van der Waals surface area contributed by atoms with Crippen LogP contribution < -0.4 is 0 Å². The zero-order chi connectivity index (χ0) is 14.5. The summed E-state index contributed by atoms with van der Waals surface area (Å²) < 4.78 is 17.4. The quantitative estimate of drug-likeness (QED) is 0.642. The smallest absolute Gasteiger partial charge is 0.305 e. The molecule has 0 saturated heterocycles. The second-order valence-electron chi connectivity index (χ2n) is 4.09. The summed E-state index contributed by atoms with van der Waals surface area (Å²) in [5.74, 6) is -0.227. The molecule has 0 unspecified atom stereocenters. The first-order valence-corrected chi connectivity index (χ1v) is 6.32. The molecule has 0 fully saturated rings. The van der Waals surface area contributed by atoms with Crippen LogP contribution in [0.2, 0.25) is 5.15 Å². The second kappa shape index (κ2) is 6.43. The minimum atomic E-state index is -0.324. The summed E-state index contributed by atoms with van der Waals surface area (Å²) in [5.41, 5.74) is 1.34. The van der Waals surface area contributed by atoms with E-state index in [1.54, 1.807) is 18.3 Å². The number of hydrogen-bond donors (Lipinski definition) is 0. The van der Waals surface area contributed by atoms with Gasteiger partial charge in [-0.1, -0.05) is 11.6 Å². The molecule has 0 bridgehead atoms. The molecular weight excluding hydrogens is 283 g/mol. The van der Waals surface area contributed by atoms with E-state index in [2.05, 4.69) is 14.7 Å². The van der Waals surface area contributed by atoms with Gasteiger partial charge in [0.05, 0.1) is 7.11 Å². The van der Waals surface area contributed by atoms with Gasteiger partial charge in [0.2, 0.25) is 0 Å². The molecule has 0 aliphatic carbocycles. The Morgan fingerprint density at radius 2 is 2.05 bits per heavy atom. The third-order valence-electron chi connectivity index (χ3n) is 2.74. The summed E-state index contributed by atoms with van der Waals surface area (Å²) in [5, 5.41) is 0.281. The molecule has 1 aromatic heterocycles. The second-order valence-corrected chi connectivity index (χ2v) is 4.45. The van der Waals surface area contributed by atoms with E-state index in [9.17, 15) is 9.18 Å². The van der Waals surface area contributed by atoms with Crippen molar-refractivity contribution in [2.75, 3.05) is 7.11 Å². The van der Waals surface area contributed by atoms with Crippen molar-refractivity contribution in [3.63, 3.8) is 0 Å². The van der Waals surface area contributed by atoms with Crippen LogP contribution in [0, 0.1) is 5.82 Å². The van der Waals surface area contributed by atoms with Gasteiger partial charge < -0.3 is 4.74 Å². The van der Waals surface area contributed by atoms with Crippen LogP contribution in [0.15, 0.2) is 30.5 Å². The Balaban J connectivity index is 2.17. The number of methoxy groups -OCH3 is 1. The van der Waals surface area contributed by atoms with Crippen LogP contribution in [0.4, 0.5) is 4.39 Å². The molecule has 104 valence electrons. The monoisotopic (exact) mass is 294 g/mol. The van der Waals surface area contributed by atoms with Gasteiger partial charge in [0, 0.05) is 23.7 Å². The maximum Gasteiger partial charge on any atom is 0.305 e. The molecule has 0 aliphatic rings. The number of carbonyl (C=O) groups is 1. The van der Waals surface area contributed by atoms with Gasteiger partial charge in [-0.15, -0.1) is 0 Å². The molecule has 1 aromatic carbocycles. The van der Waals surface area contributed by atoms with E-state index in [0.717, 1.165) is 0 Å². The summed E-state index contributed by atoms with van der Waals surface area (Å²) in [6.07, 6.45) is 2.20. The largest absolute Gasteiger partial charge is 0.469 e. The van der Waals surface area contributed by atoms with E-state index >= 15 is 0 Å². The van der Waals surface area contributed by atoms with Gasteiger partial charge in [0.1, 0.15) is 11.0 Å². The first-order chi connectivity index (χ1) is 9.60. The standard InChI is InChI=1S/C14H12ClFN2O2/c1-20-12(19)7-4-10-8-17-14(18-13(10)15)9-2-5-11(16)6-3-9/h2-3,5-6,8H,4,7H2,1H3. The van der Waals surface area contributed by atoms with Crippen molar-refractivity contribution in [1.29, 1.82) is 0 Å². The fraction of sp³-hybridized carbons (Fsp3) is 0.214. The van der Waals surface area contributed by atoms with Crippen LogP contribution >= 0.6 is 11.6 Å². The van der Waals surface area contributed by atoms with Crippen molar-refractivity contribution in [2.45, 2.75) is 12.8 Å². The highest BCUT2D eigenvalue weighted by Crippen LogP contribution is 2.20. The molecule has 0 radical (unpaired) electrons. The van der Waals surface area contributed by atoms with Crippen LogP contribution in [-0.2, 0) is 16.0 Å². The summed E-state index contributed by atoms with van der Waals surface area (Å²) in [7, 11) is 1.33. The SMILES string of the molecule is COC(=O)CCc1cnc(-c2ccc(F)cc2)nc1Cl. The highest BCUT2D eigenvalue weighted by molar-refractivity contribution is 6.30. The Morgan fingerprint density at radius 1 is 1.35 bits per heavy atom. The Bertz CT molecular complexity index is 617. The lowest BCUT2D eigenvalue weighted by Gasteiger charge is -2.05. The van der Waals surface area contributed by atoms with Gasteiger partial charge in [-0.25, -0.2) is 14.4 Å². The van der Waals surface area contributed by atoms with Crippen molar-refractivity contribution in [3.8, 4) is 11.4 Å². The predicted molar refractivity (Wildman–Crippen MR) is 72.8 cm³/mol. The molecule has 0 saturated carbocycles. The van der Waals surface area contributed by atoms with E-state index in [-0.39, 0.29) is 23.4 Å². The molecule has 6 heteroatoms. The topological polar surface area (TPSA) is 52.1 Å². The molecule has 20 heavy (non-hydrogen) atoms. The van der Waals surface area contributed by atoms with E-state index in [4.69, 9.17) is 11.6 Å². The van der Waals surface area contributed by atoms with E-state index in [1.165, 1.54) is 19.2 Å². The first kappa shape index (κ1) is 14.4. The molecule has 4 nitrogen and oxygen atoms in total. The van der Waals surface area contributed by atoms with Crippen molar-refractivity contribution in [3.05, 3.63) is 47.0 Å². The van der Waals surface area contributed by atoms with Crippen molar-refractivity contribution in [2.24, 2.45) is 0 Å². The van der Waals surface area contributed by atoms with Crippen molar-refractivity contribution in [1.82, 2.24) is 9.97 Å². The lowest BCUT2D eigenvalue weighted by Crippen LogP contribution is -2.03. The third kappa shape index (κ3) is 3.51. The Kier molecular flexibility index (Phi) is 4.63. The predicted octanol–water partition coefficient (Wildman–Crippen LogP) is 3.04. The maximum absolute atomic E-state index is 12.8.